The van der Waals surface area contributed by atoms with Crippen LogP contribution in [0.4, 0.5) is 39.9 Å². The minimum Gasteiger partial charge on any atom is -0.444 e. The molecule has 1 fully saturated rings. The van der Waals surface area contributed by atoms with Gasteiger partial charge in [-0.3, -0.25) is 0 Å². The number of likely N-dealkylation sites (tertiary alicyclic amines) is 1. The lowest BCUT2D eigenvalue weighted by molar-refractivity contribution is -0.348. The van der Waals surface area contributed by atoms with Crippen LogP contribution in [-0.2, 0) is 31.4 Å². The molecule has 0 aromatic heterocycles. The summed E-state index contributed by atoms with van der Waals surface area (Å²) >= 11 is 0. The first-order chi connectivity index (χ1) is 18.2. The fourth-order valence-corrected chi connectivity index (χ4v) is 7.96. The predicted molar refractivity (Wildman–Crippen MR) is 126 cm³/mol. The van der Waals surface area contributed by atoms with Crippen LogP contribution in [0.25, 0.3) is 0 Å². The molecule has 2 aliphatic rings. The zero-order valence-electron chi connectivity index (χ0n) is 21.5. The van der Waals surface area contributed by atoms with Gasteiger partial charge >= 0.3 is 24.1 Å². The predicted octanol–water partition coefficient (Wildman–Crippen LogP) is 6.74. The number of carbonyl (C=O) groups is 1. The third-order valence-electron chi connectivity index (χ3n) is 7.30. The molecule has 0 spiro atoms. The molecule has 4 rings (SSSR count). The Kier molecular flexibility index (Phi) is 7.00. The molecule has 0 saturated carbocycles. The van der Waals surface area contributed by atoms with Crippen molar-refractivity contribution in [2.45, 2.75) is 79.3 Å². The van der Waals surface area contributed by atoms with Gasteiger partial charge in [0.2, 0.25) is 0 Å². The fraction of sp³-hybridized carbons (Fsp3) is 0.500. The average Bonchev–Trinajstić information content (AvgIpc) is 3.23. The van der Waals surface area contributed by atoms with Gasteiger partial charge in [-0.15, -0.1) is 0 Å². The molecule has 1 amide bonds. The monoisotopic (exact) mass is 599 g/mol. The van der Waals surface area contributed by atoms with Crippen LogP contribution in [0.2, 0.25) is 0 Å². The van der Waals surface area contributed by atoms with Crippen molar-refractivity contribution in [1.29, 1.82) is 0 Å². The SMILES string of the molecule is CC(C)(C)OC(=O)N1CC[C@@]2(S(=O)(=O)c3ccc(F)cc3)c3ccc(C(F)(C(F)(F)F)C(F)(F)F)cc3CC[C@@H]12. The van der Waals surface area contributed by atoms with E-state index in [2.05, 4.69) is 0 Å². The quantitative estimate of drug-likeness (QED) is 0.290. The van der Waals surface area contributed by atoms with Crippen molar-refractivity contribution >= 4 is 15.9 Å². The summed E-state index contributed by atoms with van der Waals surface area (Å²) in [4.78, 5) is 13.9. The number of benzene rings is 2. The smallest absolute Gasteiger partial charge is 0.435 e. The van der Waals surface area contributed by atoms with Crippen molar-refractivity contribution in [3.63, 3.8) is 0 Å². The van der Waals surface area contributed by atoms with E-state index >= 15 is 0 Å². The number of amides is 1. The van der Waals surface area contributed by atoms with E-state index in [4.69, 9.17) is 4.74 Å². The molecule has 2 atom stereocenters. The van der Waals surface area contributed by atoms with Gasteiger partial charge in [0.1, 0.15) is 16.2 Å². The number of sulfone groups is 1. The van der Waals surface area contributed by atoms with E-state index in [1.165, 1.54) is 4.90 Å². The lowest BCUT2D eigenvalue weighted by Gasteiger charge is -2.43. The van der Waals surface area contributed by atoms with Gasteiger partial charge in [0.25, 0.3) is 0 Å². The molecular weight excluding hydrogens is 574 g/mol. The number of aryl methyl sites for hydroxylation is 1. The molecule has 1 heterocycles. The van der Waals surface area contributed by atoms with Gasteiger partial charge in [0.05, 0.1) is 10.9 Å². The van der Waals surface area contributed by atoms with E-state index in [0.717, 1.165) is 30.3 Å². The number of halogens is 8. The number of nitrogens with zero attached hydrogens (tertiary/aromatic N) is 1. The van der Waals surface area contributed by atoms with Gasteiger partial charge in [0.15, 0.2) is 9.84 Å². The third-order valence-corrected chi connectivity index (χ3v) is 9.85. The number of alkyl halides is 7. The van der Waals surface area contributed by atoms with Gasteiger partial charge in [-0.25, -0.2) is 22.0 Å². The van der Waals surface area contributed by atoms with Crippen LogP contribution in [0, 0.1) is 5.82 Å². The van der Waals surface area contributed by atoms with Crippen molar-refractivity contribution in [3.05, 3.63) is 65.0 Å². The van der Waals surface area contributed by atoms with Crippen LogP contribution in [-0.4, -0.2) is 50.0 Å². The van der Waals surface area contributed by atoms with Crippen molar-refractivity contribution in [1.82, 2.24) is 4.90 Å². The summed E-state index contributed by atoms with van der Waals surface area (Å²) in [5.74, 6) is -0.748. The number of hydrogen-bond donors (Lipinski definition) is 0. The molecule has 220 valence electrons. The van der Waals surface area contributed by atoms with E-state index in [1.54, 1.807) is 20.8 Å². The molecule has 2 aromatic rings. The van der Waals surface area contributed by atoms with E-state index < -0.39 is 61.7 Å². The Bertz CT molecular complexity index is 1400. The second-order valence-corrected chi connectivity index (χ2v) is 13.1. The number of rotatable bonds is 3. The van der Waals surface area contributed by atoms with Crippen LogP contribution < -0.4 is 0 Å². The summed E-state index contributed by atoms with van der Waals surface area (Å²) in [6.07, 6.45) is -14.3. The Labute approximate surface area is 225 Å². The second kappa shape index (κ2) is 9.31. The highest BCUT2D eigenvalue weighted by Crippen LogP contribution is 2.56. The maximum absolute atomic E-state index is 14.9. The first-order valence-electron chi connectivity index (χ1n) is 12.1. The van der Waals surface area contributed by atoms with Crippen LogP contribution in [0.3, 0.4) is 0 Å². The molecule has 5 nitrogen and oxygen atoms in total. The Morgan fingerprint density at radius 2 is 1.52 bits per heavy atom. The van der Waals surface area contributed by atoms with E-state index in [1.807, 2.05) is 0 Å². The maximum Gasteiger partial charge on any atom is 0.435 e. The lowest BCUT2D eigenvalue weighted by atomic mass is 9.77. The van der Waals surface area contributed by atoms with Gasteiger partial charge in [0, 0.05) is 12.1 Å². The zero-order chi connectivity index (χ0) is 30.1. The Morgan fingerprint density at radius 1 is 0.950 bits per heavy atom. The van der Waals surface area contributed by atoms with Crippen molar-refractivity contribution in [2.75, 3.05) is 6.54 Å². The summed E-state index contributed by atoms with van der Waals surface area (Å²) in [6, 6.07) is 4.03. The highest BCUT2D eigenvalue weighted by molar-refractivity contribution is 7.92. The van der Waals surface area contributed by atoms with E-state index in [9.17, 15) is 48.3 Å². The molecule has 1 saturated heterocycles. The molecule has 0 unspecified atom stereocenters. The Balaban J connectivity index is 1.94. The van der Waals surface area contributed by atoms with Crippen molar-refractivity contribution < 1.29 is 53.1 Å². The highest BCUT2D eigenvalue weighted by Gasteiger charge is 2.74. The first-order valence-corrected chi connectivity index (χ1v) is 13.6. The van der Waals surface area contributed by atoms with E-state index in [-0.39, 0.29) is 47.9 Å². The van der Waals surface area contributed by atoms with Crippen molar-refractivity contribution in [2.24, 2.45) is 0 Å². The molecule has 2 aromatic carbocycles. The van der Waals surface area contributed by atoms with Gasteiger partial charge in [-0.1, -0.05) is 18.2 Å². The lowest BCUT2D eigenvalue weighted by Crippen LogP contribution is -2.53. The van der Waals surface area contributed by atoms with Crippen LogP contribution >= 0.6 is 0 Å². The highest BCUT2D eigenvalue weighted by atomic mass is 32.2. The van der Waals surface area contributed by atoms with Crippen LogP contribution in [0.15, 0.2) is 47.4 Å². The molecule has 0 bridgehead atoms. The van der Waals surface area contributed by atoms with Crippen LogP contribution in [0.5, 0.6) is 0 Å². The summed E-state index contributed by atoms with van der Waals surface area (Å²) in [6.45, 7) is 4.60. The topological polar surface area (TPSA) is 63.7 Å². The minimum atomic E-state index is -6.35. The Hall–Kier alpha value is -2.90. The summed E-state index contributed by atoms with van der Waals surface area (Å²) in [7, 11) is -4.56. The zero-order valence-corrected chi connectivity index (χ0v) is 22.3. The third kappa shape index (κ3) is 4.51. The number of hydrogen-bond acceptors (Lipinski definition) is 4. The molecule has 40 heavy (non-hydrogen) atoms. The molecule has 0 radical (unpaired) electrons. The molecule has 1 aliphatic heterocycles. The van der Waals surface area contributed by atoms with Gasteiger partial charge in [-0.05, 0) is 75.4 Å². The first kappa shape index (κ1) is 30.1. The van der Waals surface area contributed by atoms with E-state index in [0.29, 0.717) is 6.07 Å². The minimum absolute atomic E-state index is 0.158. The van der Waals surface area contributed by atoms with Crippen molar-refractivity contribution in [3.8, 4) is 0 Å². The fourth-order valence-electron chi connectivity index (χ4n) is 5.59. The summed E-state index contributed by atoms with van der Waals surface area (Å²) in [5.41, 5.74) is -8.79. The standard InChI is InChI=1S/C26H25F8NO4S/c1-22(2,3)39-21(36)35-13-12-23(40(37,38)18-8-6-17(27)7-9-18)19-10-5-16(14-15(19)4-11-20(23)35)24(28,25(29,30)31)26(32,33)34/h5-10,14,20H,4,11-13H2,1-3H3/t20-,23-/m1/s1. The Morgan fingerprint density at radius 3 is 2.05 bits per heavy atom. The number of ether oxygens (including phenoxy) is 1. The number of carbonyl (C=O) groups excluding carboxylic acids is 1. The average molecular weight is 600 g/mol. The summed E-state index contributed by atoms with van der Waals surface area (Å²) in [5, 5.41) is 0. The largest absolute Gasteiger partial charge is 0.444 e. The van der Waals surface area contributed by atoms with Gasteiger partial charge < -0.3 is 9.64 Å². The second-order valence-electron chi connectivity index (χ2n) is 10.9. The molecular formula is C26H25F8NO4S. The molecule has 14 heteroatoms. The van der Waals surface area contributed by atoms with Crippen LogP contribution in [0.1, 0.15) is 50.3 Å². The molecule has 0 N–H and O–H groups in total. The van der Waals surface area contributed by atoms with Gasteiger partial charge in [-0.2, -0.15) is 26.3 Å². The normalized spacial score (nSPS) is 22.1. The maximum atomic E-state index is 14.9. The molecule has 1 aliphatic carbocycles. The number of fused-ring (bicyclic) bond motifs is 3. The summed E-state index contributed by atoms with van der Waals surface area (Å²) < 4.78 is 141.